The summed E-state index contributed by atoms with van der Waals surface area (Å²) in [6, 6.07) is 26.3. The number of amides is 1. The van der Waals surface area contributed by atoms with Crippen molar-refractivity contribution in [1.29, 1.82) is 0 Å². The van der Waals surface area contributed by atoms with Gasteiger partial charge in [-0.15, -0.1) is 0 Å². The highest BCUT2D eigenvalue weighted by Crippen LogP contribution is 2.32. The molecular weight excluding hydrogens is 607 g/mol. The first-order valence-electron chi connectivity index (χ1n) is 13.8. The Balaban J connectivity index is 1.46. The van der Waals surface area contributed by atoms with Crippen molar-refractivity contribution in [2.75, 3.05) is 12.9 Å². The van der Waals surface area contributed by atoms with Crippen LogP contribution in [-0.4, -0.2) is 38.1 Å². The Morgan fingerprint density at radius 1 is 0.844 bits per heavy atom. The second kappa shape index (κ2) is 12.6. The van der Waals surface area contributed by atoms with Gasteiger partial charge in [-0.25, -0.2) is 8.42 Å². The zero-order chi connectivity index (χ0) is 32.4. The van der Waals surface area contributed by atoms with Crippen molar-refractivity contribution < 1.29 is 40.3 Å². The predicted molar refractivity (Wildman–Crippen MR) is 162 cm³/mol. The molecule has 0 aliphatic rings. The predicted octanol–water partition coefficient (Wildman–Crippen LogP) is 7.22. The van der Waals surface area contributed by atoms with Crippen molar-refractivity contribution in [2.45, 2.75) is 31.1 Å². The monoisotopic (exact) mass is 635 g/mol. The van der Waals surface area contributed by atoms with E-state index in [1.807, 2.05) is 36.4 Å². The number of fused-ring (bicyclic) bond motifs is 1. The van der Waals surface area contributed by atoms with Crippen molar-refractivity contribution >= 4 is 32.5 Å². The summed E-state index contributed by atoms with van der Waals surface area (Å²) in [6.07, 6.45) is -4.66. The Labute approximate surface area is 257 Å². The zero-order valence-electron chi connectivity index (χ0n) is 24.3. The van der Waals surface area contributed by atoms with Gasteiger partial charge in [-0.1, -0.05) is 72.8 Å². The number of carbonyl (C=O) groups excluding carboxylic acids is 2. The largest absolute Gasteiger partial charge is 0.468 e. The molecule has 0 aliphatic carbocycles. The third-order valence-electron chi connectivity index (χ3n) is 7.32. The maximum Gasteiger partial charge on any atom is 0.449 e. The molecule has 0 N–H and O–H groups in total. The number of sulfone groups is 1. The summed E-state index contributed by atoms with van der Waals surface area (Å²) >= 11 is 0. The van der Waals surface area contributed by atoms with Gasteiger partial charge in [0.05, 0.1) is 24.1 Å². The number of halogens is 3. The number of carbonyl (C=O) groups is 2. The van der Waals surface area contributed by atoms with Gasteiger partial charge >= 0.3 is 12.1 Å². The standard InChI is InChI=1S/C34H28F3NO6S/c1-22-10-13-25-6-3-4-9-29(25)32(22)33(40)38(20-27-16-17-30(44-27)34(35,36)37)19-23-11-14-24(15-12-23)26-7-5-8-28(18-26)45(41,42)21-31(39)43-2/h3-18H,19-21H2,1-2H3. The molecule has 0 atom stereocenters. The van der Waals surface area contributed by atoms with Crippen molar-refractivity contribution in [3.63, 3.8) is 0 Å². The van der Waals surface area contributed by atoms with Crippen LogP contribution in [0.2, 0.25) is 0 Å². The Morgan fingerprint density at radius 3 is 2.27 bits per heavy atom. The van der Waals surface area contributed by atoms with Crippen LogP contribution in [-0.2, 0) is 38.6 Å². The quantitative estimate of drug-likeness (QED) is 0.159. The number of methoxy groups -OCH3 is 1. The van der Waals surface area contributed by atoms with Gasteiger partial charge in [0.25, 0.3) is 5.91 Å². The number of alkyl halides is 3. The Morgan fingerprint density at radius 2 is 1.58 bits per heavy atom. The van der Waals surface area contributed by atoms with Crippen LogP contribution in [0.5, 0.6) is 0 Å². The molecule has 7 nitrogen and oxygen atoms in total. The normalized spacial score (nSPS) is 11.8. The van der Waals surface area contributed by atoms with E-state index < -0.39 is 33.5 Å². The van der Waals surface area contributed by atoms with Crippen LogP contribution >= 0.6 is 0 Å². The Bertz CT molecular complexity index is 1980. The second-order valence-corrected chi connectivity index (χ2v) is 12.5. The van der Waals surface area contributed by atoms with Gasteiger partial charge in [-0.3, -0.25) is 9.59 Å². The maximum absolute atomic E-state index is 14.1. The minimum absolute atomic E-state index is 0.0184. The van der Waals surface area contributed by atoms with Gasteiger partial charge in [-0.05, 0) is 64.2 Å². The average Bonchev–Trinajstić information content (AvgIpc) is 3.50. The van der Waals surface area contributed by atoms with E-state index in [0.717, 1.165) is 29.5 Å². The first kappa shape index (κ1) is 31.5. The molecule has 5 rings (SSSR count). The second-order valence-electron chi connectivity index (χ2n) is 10.5. The lowest BCUT2D eigenvalue weighted by atomic mass is 9.98. The van der Waals surface area contributed by atoms with E-state index in [1.54, 1.807) is 43.3 Å². The van der Waals surface area contributed by atoms with E-state index in [2.05, 4.69) is 4.74 Å². The van der Waals surface area contributed by atoms with Crippen molar-refractivity contribution in [3.05, 3.63) is 125 Å². The van der Waals surface area contributed by atoms with Crippen LogP contribution in [0.3, 0.4) is 0 Å². The third kappa shape index (κ3) is 7.09. The first-order chi connectivity index (χ1) is 21.4. The van der Waals surface area contributed by atoms with Crippen LogP contribution in [0.15, 0.2) is 106 Å². The summed E-state index contributed by atoms with van der Waals surface area (Å²) in [6.45, 7) is 1.65. The molecule has 1 heterocycles. The number of ether oxygens (including phenoxy) is 1. The third-order valence-corrected chi connectivity index (χ3v) is 8.90. The van der Waals surface area contributed by atoms with Gasteiger partial charge in [0.15, 0.2) is 15.6 Å². The topological polar surface area (TPSA) is 93.9 Å². The number of aryl methyl sites for hydroxylation is 1. The van der Waals surface area contributed by atoms with Crippen LogP contribution < -0.4 is 0 Å². The molecule has 0 spiro atoms. The fraction of sp³-hybridized carbons (Fsp3) is 0.176. The lowest BCUT2D eigenvalue weighted by molar-refractivity contribution is -0.153. The molecule has 0 saturated carbocycles. The SMILES string of the molecule is COC(=O)CS(=O)(=O)c1cccc(-c2ccc(CN(Cc3ccc(C(F)(F)F)o3)C(=O)c3c(C)ccc4ccccc34)cc2)c1. The number of rotatable bonds is 9. The van der Waals surface area contributed by atoms with Crippen LogP contribution in [0.4, 0.5) is 13.2 Å². The summed E-state index contributed by atoms with van der Waals surface area (Å²) in [7, 11) is -2.80. The Kier molecular flexibility index (Phi) is 8.83. The van der Waals surface area contributed by atoms with Gasteiger partial charge in [0, 0.05) is 6.54 Å². The molecule has 11 heteroatoms. The number of hydrogen-bond donors (Lipinski definition) is 0. The molecule has 0 unspecified atom stereocenters. The zero-order valence-corrected chi connectivity index (χ0v) is 25.1. The van der Waals surface area contributed by atoms with Crippen molar-refractivity contribution in [1.82, 2.24) is 4.90 Å². The van der Waals surface area contributed by atoms with Crippen LogP contribution in [0, 0.1) is 6.92 Å². The molecule has 5 aromatic rings. The smallest absolute Gasteiger partial charge is 0.449 e. The molecular formula is C34H28F3NO6S. The number of furan rings is 1. The van der Waals surface area contributed by atoms with E-state index in [1.165, 1.54) is 23.1 Å². The van der Waals surface area contributed by atoms with Crippen LogP contribution in [0.25, 0.3) is 21.9 Å². The summed E-state index contributed by atoms with van der Waals surface area (Å²) in [5.41, 5.74) is 3.11. The number of nitrogens with zero attached hydrogens (tertiary/aromatic N) is 1. The lowest BCUT2D eigenvalue weighted by Crippen LogP contribution is -2.30. The van der Waals surface area contributed by atoms with E-state index in [4.69, 9.17) is 4.42 Å². The van der Waals surface area contributed by atoms with Gasteiger partial charge in [0.2, 0.25) is 5.76 Å². The molecule has 0 saturated heterocycles. The molecule has 232 valence electrons. The van der Waals surface area contributed by atoms with Gasteiger partial charge in [-0.2, -0.15) is 13.2 Å². The maximum atomic E-state index is 14.1. The summed E-state index contributed by atoms with van der Waals surface area (Å²) in [5.74, 6) is -3.19. The minimum Gasteiger partial charge on any atom is -0.468 e. The lowest BCUT2D eigenvalue weighted by Gasteiger charge is -2.24. The van der Waals surface area contributed by atoms with Gasteiger partial charge < -0.3 is 14.1 Å². The first-order valence-corrected chi connectivity index (χ1v) is 15.4. The van der Waals surface area contributed by atoms with E-state index >= 15 is 0 Å². The summed E-state index contributed by atoms with van der Waals surface area (Å²) < 4.78 is 74.6. The Hall–Kier alpha value is -4.90. The van der Waals surface area contributed by atoms with Gasteiger partial charge in [0.1, 0.15) is 5.76 Å². The average molecular weight is 636 g/mol. The fourth-order valence-electron chi connectivity index (χ4n) is 5.01. The molecule has 0 radical (unpaired) electrons. The van der Waals surface area contributed by atoms with Crippen LogP contribution in [0.1, 0.15) is 33.0 Å². The van der Waals surface area contributed by atoms with Crippen molar-refractivity contribution in [3.8, 4) is 11.1 Å². The molecule has 0 bridgehead atoms. The molecule has 1 aromatic heterocycles. The minimum atomic E-state index is -4.66. The highest BCUT2D eigenvalue weighted by Gasteiger charge is 2.35. The van der Waals surface area contributed by atoms with E-state index in [0.29, 0.717) is 22.3 Å². The number of hydrogen-bond acceptors (Lipinski definition) is 6. The highest BCUT2D eigenvalue weighted by atomic mass is 32.2. The molecule has 4 aromatic carbocycles. The molecule has 1 amide bonds. The summed E-state index contributed by atoms with van der Waals surface area (Å²) in [5, 5.41) is 1.57. The van der Waals surface area contributed by atoms with E-state index in [9.17, 15) is 31.2 Å². The highest BCUT2D eigenvalue weighted by molar-refractivity contribution is 7.92. The molecule has 45 heavy (non-hydrogen) atoms. The molecule has 0 fully saturated rings. The molecule has 0 aliphatic heterocycles. The number of benzene rings is 4. The fourth-order valence-corrected chi connectivity index (χ4v) is 6.20. The van der Waals surface area contributed by atoms with E-state index in [-0.39, 0.29) is 29.7 Å². The summed E-state index contributed by atoms with van der Waals surface area (Å²) in [4.78, 5) is 27.1. The van der Waals surface area contributed by atoms with Crippen molar-refractivity contribution in [2.24, 2.45) is 0 Å². The number of esters is 1.